The molecule has 1 aliphatic heterocycles. The zero-order valence-electron chi connectivity index (χ0n) is 21.1. The topological polar surface area (TPSA) is 106 Å². The summed E-state index contributed by atoms with van der Waals surface area (Å²) in [6.45, 7) is 5.92. The van der Waals surface area contributed by atoms with E-state index in [2.05, 4.69) is 0 Å². The second-order valence-corrected chi connectivity index (χ2v) is 9.13. The summed E-state index contributed by atoms with van der Waals surface area (Å²) in [5.41, 5.74) is -1.04. The molecule has 198 valence electrons. The number of nitrogens with zero attached hydrogens (tertiary/aromatic N) is 4. The zero-order valence-corrected chi connectivity index (χ0v) is 21.1. The number of halogens is 2. The van der Waals surface area contributed by atoms with Crippen LogP contribution in [0.15, 0.2) is 47.4 Å². The number of non-ortho nitro benzene ring substituents is 1. The van der Waals surface area contributed by atoms with Gasteiger partial charge in [0.2, 0.25) is 11.3 Å². The number of nitro groups is 1. The SMILES string of the molecule is CCn1cc(C(=O)C=Cc2ccc([N+](=O)[O-])cc2)c(=O)c2cc(F)c(N3CCN(C(C)=O)C(C)C3)c(F)c21. The summed E-state index contributed by atoms with van der Waals surface area (Å²) < 4.78 is 32.5. The second-order valence-electron chi connectivity index (χ2n) is 9.13. The van der Waals surface area contributed by atoms with E-state index in [4.69, 9.17) is 0 Å². The Hall–Kier alpha value is -4.41. The lowest BCUT2D eigenvalue weighted by atomic mass is 10.0. The number of carbonyl (C=O) groups is 2. The van der Waals surface area contributed by atoms with Crippen molar-refractivity contribution < 1.29 is 23.3 Å². The standard InChI is InChI=1S/C27H26F2N4O5/c1-4-30-15-21(23(35)10-7-18-5-8-19(9-6-18)33(37)38)27(36)20-13-22(28)26(24(29)25(20)30)31-11-12-32(17(3)34)16(2)14-31/h5-10,13,15-16H,4,11-12,14H2,1-3H3. The monoisotopic (exact) mass is 524 g/mol. The van der Waals surface area contributed by atoms with Crippen molar-refractivity contribution in [1.82, 2.24) is 9.47 Å². The molecule has 1 unspecified atom stereocenters. The molecule has 1 aromatic heterocycles. The van der Waals surface area contributed by atoms with Crippen LogP contribution in [0, 0.1) is 21.7 Å². The predicted molar refractivity (Wildman–Crippen MR) is 139 cm³/mol. The van der Waals surface area contributed by atoms with Gasteiger partial charge in [0.15, 0.2) is 11.6 Å². The number of allylic oxidation sites excluding steroid dienone is 1. The van der Waals surface area contributed by atoms with Crippen molar-refractivity contribution in [3.05, 3.63) is 85.7 Å². The van der Waals surface area contributed by atoms with Gasteiger partial charge in [0.25, 0.3) is 5.69 Å². The Morgan fingerprint density at radius 3 is 2.45 bits per heavy atom. The molecule has 1 aliphatic rings. The van der Waals surface area contributed by atoms with Gasteiger partial charge in [-0.25, -0.2) is 8.78 Å². The van der Waals surface area contributed by atoms with E-state index in [1.165, 1.54) is 52.9 Å². The number of anilines is 1. The molecule has 0 N–H and O–H groups in total. The van der Waals surface area contributed by atoms with Gasteiger partial charge >= 0.3 is 0 Å². The highest BCUT2D eigenvalue weighted by molar-refractivity contribution is 6.08. The molecule has 2 aromatic carbocycles. The highest BCUT2D eigenvalue weighted by atomic mass is 19.1. The molecule has 0 saturated carbocycles. The average molecular weight is 525 g/mol. The van der Waals surface area contributed by atoms with E-state index in [1.807, 2.05) is 0 Å². The Labute approximate surface area is 216 Å². The number of pyridine rings is 1. The van der Waals surface area contributed by atoms with Crippen LogP contribution in [0.25, 0.3) is 17.0 Å². The second kappa shape index (κ2) is 10.5. The molecule has 38 heavy (non-hydrogen) atoms. The van der Waals surface area contributed by atoms with Gasteiger partial charge in [-0.2, -0.15) is 0 Å². The summed E-state index contributed by atoms with van der Waals surface area (Å²) in [5, 5.41) is 10.6. The first-order chi connectivity index (χ1) is 18.0. The Morgan fingerprint density at radius 1 is 1.18 bits per heavy atom. The van der Waals surface area contributed by atoms with Crippen LogP contribution in [0.4, 0.5) is 20.2 Å². The Balaban J connectivity index is 1.72. The summed E-state index contributed by atoms with van der Waals surface area (Å²) in [6, 6.07) is 6.18. The van der Waals surface area contributed by atoms with Crippen LogP contribution < -0.4 is 10.3 Å². The maximum absolute atomic E-state index is 15.8. The molecule has 4 rings (SSSR count). The van der Waals surface area contributed by atoms with Gasteiger partial charge in [-0.05, 0) is 43.7 Å². The molecule has 0 bridgehead atoms. The maximum atomic E-state index is 15.8. The third-order valence-electron chi connectivity index (χ3n) is 6.72. The summed E-state index contributed by atoms with van der Waals surface area (Å²) in [7, 11) is 0. The minimum atomic E-state index is -0.927. The number of carbonyl (C=O) groups excluding carboxylic acids is 2. The van der Waals surface area contributed by atoms with Crippen LogP contribution >= 0.6 is 0 Å². The lowest BCUT2D eigenvalue weighted by molar-refractivity contribution is -0.384. The fourth-order valence-electron chi connectivity index (χ4n) is 4.79. The summed E-state index contributed by atoms with van der Waals surface area (Å²) >= 11 is 0. The van der Waals surface area contributed by atoms with Crippen LogP contribution in [0.3, 0.4) is 0 Å². The first-order valence-corrected chi connectivity index (χ1v) is 12.1. The highest BCUT2D eigenvalue weighted by Crippen LogP contribution is 2.31. The summed E-state index contributed by atoms with van der Waals surface area (Å²) in [5.74, 6) is -2.61. The smallest absolute Gasteiger partial charge is 0.269 e. The summed E-state index contributed by atoms with van der Waals surface area (Å²) in [4.78, 5) is 51.3. The number of aryl methyl sites for hydroxylation is 1. The molecule has 1 fully saturated rings. The van der Waals surface area contributed by atoms with Gasteiger partial charge in [-0.1, -0.05) is 6.08 Å². The van der Waals surface area contributed by atoms with Crippen molar-refractivity contribution in [2.75, 3.05) is 24.5 Å². The first kappa shape index (κ1) is 26.6. The zero-order chi connectivity index (χ0) is 27.7. The minimum Gasteiger partial charge on any atom is -0.363 e. The van der Waals surface area contributed by atoms with Crippen LogP contribution in [-0.2, 0) is 11.3 Å². The van der Waals surface area contributed by atoms with Crippen molar-refractivity contribution in [2.45, 2.75) is 33.4 Å². The molecule has 1 saturated heterocycles. The Kier molecular flexibility index (Phi) is 7.38. The largest absolute Gasteiger partial charge is 0.363 e. The number of nitro benzene ring substituents is 1. The van der Waals surface area contributed by atoms with Gasteiger partial charge < -0.3 is 14.4 Å². The van der Waals surface area contributed by atoms with Crippen LogP contribution in [0.2, 0.25) is 0 Å². The third-order valence-corrected chi connectivity index (χ3v) is 6.72. The van der Waals surface area contributed by atoms with Crippen LogP contribution in [-0.4, -0.2) is 51.8 Å². The minimum absolute atomic E-state index is 0.104. The first-order valence-electron chi connectivity index (χ1n) is 12.1. The Bertz CT molecular complexity index is 1530. The molecule has 11 heteroatoms. The van der Waals surface area contributed by atoms with Crippen molar-refractivity contribution in [3.63, 3.8) is 0 Å². The van der Waals surface area contributed by atoms with E-state index >= 15 is 8.78 Å². The molecule has 0 spiro atoms. The maximum Gasteiger partial charge on any atom is 0.269 e. The fourth-order valence-corrected chi connectivity index (χ4v) is 4.79. The predicted octanol–water partition coefficient (Wildman–Crippen LogP) is 4.16. The molecule has 0 radical (unpaired) electrons. The highest BCUT2D eigenvalue weighted by Gasteiger charge is 2.30. The number of hydrogen-bond acceptors (Lipinski definition) is 6. The average Bonchev–Trinajstić information content (AvgIpc) is 2.88. The third kappa shape index (κ3) is 4.91. The van der Waals surface area contributed by atoms with E-state index in [-0.39, 0.29) is 59.4 Å². The molecular formula is C27H26F2N4O5. The fraction of sp³-hybridized carbons (Fsp3) is 0.296. The van der Waals surface area contributed by atoms with Crippen molar-refractivity contribution in [2.24, 2.45) is 0 Å². The van der Waals surface area contributed by atoms with Gasteiger partial charge in [-0.3, -0.25) is 24.5 Å². The number of piperazine rings is 1. The molecule has 9 nitrogen and oxygen atoms in total. The molecule has 1 amide bonds. The number of fused-ring (bicyclic) bond motifs is 1. The van der Waals surface area contributed by atoms with E-state index in [0.29, 0.717) is 12.1 Å². The number of ketones is 1. The molecule has 3 aromatic rings. The molecule has 2 heterocycles. The number of amides is 1. The van der Waals surface area contributed by atoms with Gasteiger partial charge in [-0.15, -0.1) is 0 Å². The van der Waals surface area contributed by atoms with Gasteiger partial charge in [0.1, 0.15) is 11.5 Å². The van der Waals surface area contributed by atoms with E-state index in [9.17, 15) is 24.5 Å². The summed E-state index contributed by atoms with van der Waals surface area (Å²) in [6.07, 6.45) is 3.80. The molecule has 1 atom stereocenters. The van der Waals surface area contributed by atoms with Gasteiger partial charge in [0.05, 0.1) is 21.4 Å². The van der Waals surface area contributed by atoms with Crippen LogP contribution in [0.5, 0.6) is 0 Å². The van der Waals surface area contributed by atoms with Crippen LogP contribution in [0.1, 0.15) is 36.7 Å². The normalized spacial score (nSPS) is 15.9. The Morgan fingerprint density at radius 2 is 1.87 bits per heavy atom. The number of hydrogen-bond donors (Lipinski definition) is 0. The number of benzene rings is 2. The lowest BCUT2D eigenvalue weighted by Crippen LogP contribution is -2.54. The van der Waals surface area contributed by atoms with E-state index in [1.54, 1.807) is 18.7 Å². The lowest BCUT2D eigenvalue weighted by Gasteiger charge is -2.40. The number of aromatic nitrogens is 1. The molecule has 0 aliphatic carbocycles. The van der Waals surface area contributed by atoms with E-state index in [0.717, 1.165) is 12.1 Å². The van der Waals surface area contributed by atoms with Gasteiger partial charge in [0, 0.05) is 57.5 Å². The van der Waals surface area contributed by atoms with Crippen molar-refractivity contribution in [1.29, 1.82) is 0 Å². The van der Waals surface area contributed by atoms with Crippen molar-refractivity contribution >= 4 is 40.0 Å². The van der Waals surface area contributed by atoms with Crippen molar-refractivity contribution in [3.8, 4) is 0 Å². The van der Waals surface area contributed by atoms with E-state index < -0.39 is 27.8 Å². The molecular weight excluding hydrogens is 498 g/mol. The quantitative estimate of drug-likeness (QED) is 0.208. The number of rotatable bonds is 6.